The monoisotopic (exact) mass is 349 g/mol. The number of halogens is 1. The van der Waals surface area contributed by atoms with E-state index in [1.807, 2.05) is 12.3 Å². The van der Waals surface area contributed by atoms with Crippen molar-refractivity contribution in [2.75, 3.05) is 0 Å². The van der Waals surface area contributed by atoms with Crippen molar-refractivity contribution in [1.82, 2.24) is 24.4 Å². The van der Waals surface area contributed by atoms with Crippen LogP contribution in [-0.4, -0.2) is 24.4 Å². The lowest BCUT2D eigenvalue weighted by atomic mass is 10.1. The third-order valence-electron chi connectivity index (χ3n) is 5.16. The highest BCUT2D eigenvalue weighted by Crippen LogP contribution is 2.29. The van der Waals surface area contributed by atoms with Gasteiger partial charge < -0.3 is 4.57 Å². The molecule has 3 heterocycles. The molecule has 0 spiro atoms. The van der Waals surface area contributed by atoms with Crippen LogP contribution in [-0.2, 0) is 0 Å². The fourth-order valence-electron chi connectivity index (χ4n) is 3.81. The van der Waals surface area contributed by atoms with Gasteiger partial charge in [0, 0.05) is 17.8 Å². The molecule has 0 bridgehead atoms. The lowest BCUT2D eigenvalue weighted by Gasteiger charge is -2.13. The molecule has 0 saturated heterocycles. The molecule has 0 unspecified atom stereocenters. The van der Waals surface area contributed by atoms with Crippen LogP contribution in [0.2, 0.25) is 0 Å². The van der Waals surface area contributed by atoms with Gasteiger partial charge in [-0.2, -0.15) is 5.10 Å². The zero-order valence-electron chi connectivity index (χ0n) is 14.0. The van der Waals surface area contributed by atoms with E-state index in [1.165, 1.54) is 12.1 Å². The Labute approximate surface area is 147 Å². The minimum atomic E-state index is -0.297. The van der Waals surface area contributed by atoms with Crippen molar-refractivity contribution < 1.29 is 4.39 Å². The average Bonchev–Trinajstić information content (AvgIpc) is 3.32. The van der Waals surface area contributed by atoms with Crippen molar-refractivity contribution in [3.8, 4) is 11.1 Å². The van der Waals surface area contributed by atoms with E-state index in [-0.39, 0.29) is 17.4 Å². The van der Waals surface area contributed by atoms with E-state index in [1.54, 1.807) is 27.4 Å². The summed E-state index contributed by atoms with van der Waals surface area (Å²) in [6, 6.07) is 8.27. The zero-order chi connectivity index (χ0) is 17.7. The summed E-state index contributed by atoms with van der Waals surface area (Å²) in [6.07, 6.45) is 7.86. The van der Waals surface area contributed by atoms with Gasteiger partial charge in [0.2, 0.25) is 0 Å². The fraction of sp³-hybridized carbons (Fsp3) is 0.263. The second kappa shape index (κ2) is 5.72. The highest BCUT2D eigenvalue weighted by atomic mass is 19.1. The third kappa shape index (κ3) is 2.23. The van der Waals surface area contributed by atoms with Gasteiger partial charge in [-0.05, 0) is 36.6 Å². The van der Waals surface area contributed by atoms with Crippen LogP contribution in [0.25, 0.3) is 27.8 Å². The van der Waals surface area contributed by atoms with E-state index in [9.17, 15) is 9.18 Å². The van der Waals surface area contributed by atoms with Gasteiger partial charge in [0.25, 0.3) is 5.56 Å². The zero-order valence-corrected chi connectivity index (χ0v) is 14.0. The van der Waals surface area contributed by atoms with Crippen molar-refractivity contribution in [1.29, 1.82) is 0 Å². The molecule has 1 aliphatic rings. The third-order valence-corrected chi connectivity index (χ3v) is 5.16. The summed E-state index contributed by atoms with van der Waals surface area (Å²) in [5.74, 6) is -0.297. The van der Waals surface area contributed by atoms with Gasteiger partial charge in [-0.3, -0.25) is 4.79 Å². The molecule has 3 aromatic heterocycles. The summed E-state index contributed by atoms with van der Waals surface area (Å²) >= 11 is 0. The number of hydrogen-bond acceptors (Lipinski definition) is 4. The van der Waals surface area contributed by atoms with Crippen LogP contribution in [0, 0.1) is 5.82 Å². The molecule has 0 aliphatic heterocycles. The maximum atomic E-state index is 13.2. The predicted octanol–water partition coefficient (Wildman–Crippen LogP) is 3.36. The molecular weight excluding hydrogens is 333 g/mol. The Morgan fingerprint density at radius 1 is 1.04 bits per heavy atom. The lowest BCUT2D eigenvalue weighted by Crippen LogP contribution is -2.24. The topological polar surface area (TPSA) is 65.1 Å². The Hall–Kier alpha value is -3.09. The number of pyridine rings is 1. The van der Waals surface area contributed by atoms with Crippen molar-refractivity contribution in [2.24, 2.45) is 0 Å². The molecule has 7 heteroatoms. The standard InChI is InChI=1S/C19H16FN5O/c20-13-7-5-12(6-8-13)15-11-21-25-16-9-10-24(14-3-1-2-4-14)19(26)17(16)22-23-18(15)25/h5-11,14H,1-4H2. The van der Waals surface area contributed by atoms with E-state index in [2.05, 4.69) is 15.3 Å². The number of hydrogen-bond donors (Lipinski definition) is 0. The highest BCUT2D eigenvalue weighted by molar-refractivity contribution is 5.82. The van der Waals surface area contributed by atoms with E-state index in [0.717, 1.165) is 36.8 Å². The van der Waals surface area contributed by atoms with Crippen molar-refractivity contribution >= 4 is 16.7 Å². The maximum absolute atomic E-state index is 13.2. The van der Waals surface area contributed by atoms with Gasteiger partial charge in [0.15, 0.2) is 11.2 Å². The first-order valence-corrected chi connectivity index (χ1v) is 8.73. The summed E-state index contributed by atoms with van der Waals surface area (Å²) in [4.78, 5) is 12.9. The largest absolute Gasteiger partial charge is 0.310 e. The normalized spacial score (nSPS) is 15.3. The molecule has 0 atom stereocenters. The fourth-order valence-corrected chi connectivity index (χ4v) is 3.81. The smallest absolute Gasteiger partial charge is 0.280 e. The molecule has 0 radical (unpaired) electrons. The first-order valence-electron chi connectivity index (χ1n) is 8.73. The second-order valence-corrected chi connectivity index (χ2v) is 6.70. The van der Waals surface area contributed by atoms with Gasteiger partial charge >= 0.3 is 0 Å². The van der Waals surface area contributed by atoms with Crippen LogP contribution in [0.5, 0.6) is 0 Å². The number of rotatable bonds is 2. The summed E-state index contributed by atoms with van der Waals surface area (Å²) in [6.45, 7) is 0. The summed E-state index contributed by atoms with van der Waals surface area (Å²) < 4.78 is 16.6. The van der Waals surface area contributed by atoms with Gasteiger partial charge in [-0.1, -0.05) is 25.0 Å². The minimum Gasteiger partial charge on any atom is -0.310 e. The Morgan fingerprint density at radius 2 is 1.81 bits per heavy atom. The van der Waals surface area contributed by atoms with Crippen LogP contribution >= 0.6 is 0 Å². The quantitative estimate of drug-likeness (QED) is 0.557. The molecule has 1 aliphatic carbocycles. The average molecular weight is 349 g/mol. The highest BCUT2D eigenvalue weighted by Gasteiger charge is 2.20. The van der Waals surface area contributed by atoms with Crippen molar-refractivity contribution in [3.05, 3.63) is 58.9 Å². The van der Waals surface area contributed by atoms with Crippen molar-refractivity contribution in [2.45, 2.75) is 31.7 Å². The molecule has 1 fully saturated rings. The Bertz CT molecular complexity index is 1170. The SMILES string of the molecule is O=c1c2nnc3c(-c4ccc(F)cc4)cnn3c2ccn1C1CCCC1. The molecule has 4 aromatic rings. The van der Waals surface area contributed by atoms with E-state index in [0.29, 0.717) is 16.7 Å². The first kappa shape index (κ1) is 15.2. The minimum absolute atomic E-state index is 0.123. The van der Waals surface area contributed by atoms with Crippen molar-refractivity contribution in [3.63, 3.8) is 0 Å². The molecule has 5 rings (SSSR count). The molecule has 1 saturated carbocycles. The Kier molecular flexibility index (Phi) is 3.34. The van der Waals surface area contributed by atoms with Crippen LogP contribution in [0.15, 0.2) is 47.5 Å². The molecule has 0 amide bonds. The van der Waals surface area contributed by atoms with Gasteiger partial charge in [0.05, 0.1) is 6.20 Å². The van der Waals surface area contributed by atoms with E-state index < -0.39 is 0 Å². The summed E-state index contributed by atoms with van der Waals surface area (Å²) in [5.41, 5.74) is 2.92. The number of benzene rings is 1. The Balaban J connectivity index is 1.70. The Morgan fingerprint density at radius 3 is 2.58 bits per heavy atom. The van der Waals surface area contributed by atoms with Crippen LogP contribution in [0.4, 0.5) is 4.39 Å². The molecule has 130 valence electrons. The molecule has 26 heavy (non-hydrogen) atoms. The first-order chi connectivity index (χ1) is 12.7. The van der Waals surface area contributed by atoms with Gasteiger partial charge in [-0.15, -0.1) is 10.2 Å². The second-order valence-electron chi connectivity index (χ2n) is 6.70. The number of aromatic nitrogens is 5. The summed E-state index contributed by atoms with van der Waals surface area (Å²) in [5, 5.41) is 12.8. The number of nitrogens with zero attached hydrogens (tertiary/aromatic N) is 5. The predicted molar refractivity (Wildman–Crippen MR) is 95.4 cm³/mol. The maximum Gasteiger partial charge on any atom is 0.280 e. The van der Waals surface area contributed by atoms with Crippen LogP contribution < -0.4 is 5.56 Å². The van der Waals surface area contributed by atoms with Crippen LogP contribution in [0.3, 0.4) is 0 Å². The van der Waals surface area contributed by atoms with Gasteiger partial charge in [-0.25, -0.2) is 8.91 Å². The number of fused-ring (bicyclic) bond motifs is 3. The molecule has 1 aromatic carbocycles. The van der Waals surface area contributed by atoms with Crippen LogP contribution in [0.1, 0.15) is 31.7 Å². The molecule has 0 N–H and O–H groups in total. The summed E-state index contributed by atoms with van der Waals surface area (Å²) in [7, 11) is 0. The van der Waals surface area contributed by atoms with Gasteiger partial charge in [0.1, 0.15) is 11.3 Å². The van der Waals surface area contributed by atoms with E-state index >= 15 is 0 Å². The molecular formula is C19H16FN5O. The molecule has 6 nitrogen and oxygen atoms in total. The van der Waals surface area contributed by atoms with E-state index in [4.69, 9.17) is 0 Å². The lowest BCUT2D eigenvalue weighted by molar-refractivity contribution is 0.504.